The minimum atomic E-state index is -0.345. The third-order valence-electron chi connectivity index (χ3n) is 2.05. The summed E-state index contributed by atoms with van der Waals surface area (Å²) in [7, 11) is 0. The standard InChI is InChI=1S/C11H10FN3O/c12-7-1-3-9(4-2-7)15-11(16)10-5-8(13)6-14-10/h1-6,14H,13H2,(H,15,16). The second kappa shape index (κ2) is 4.06. The van der Waals surface area contributed by atoms with Crippen LogP contribution in [0.5, 0.6) is 0 Å². The number of nitrogens with two attached hydrogens (primary N) is 1. The van der Waals surface area contributed by atoms with Crippen LogP contribution in [0.2, 0.25) is 0 Å². The van der Waals surface area contributed by atoms with Gasteiger partial charge in [-0.05, 0) is 30.3 Å². The number of hydrogen-bond donors (Lipinski definition) is 3. The van der Waals surface area contributed by atoms with E-state index in [0.29, 0.717) is 17.1 Å². The van der Waals surface area contributed by atoms with Gasteiger partial charge in [0.15, 0.2) is 0 Å². The first kappa shape index (κ1) is 10.2. The molecule has 1 aromatic carbocycles. The van der Waals surface area contributed by atoms with E-state index in [9.17, 15) is 9.18 Å². The van der Waals surface area contributed by atoms with Gasteiger partial charge in [0.25, 0.3) is 5.91 Å². The molecule has 2 rings (SSSR count). The number of H-pyrrole nitrogens is 1. The van der Waals surface area contributed by atoms with Gasteiger partial charge < -0.3 is 16.0 Å². The zero-order chi connectivity index (χ0) is 11.5. The summed E-state index contributed by atoms with van der Waals surface area (Å²) in [4.78, 5) is 14.3. The van der Waals surface area contributed by atoms with E-state index in [1.54, 1.807) is 0 Å². The van der Waals surface area contributed by atoms with Gasteiger partial charge in [-0.1, -0.05) is 0 Å². The van der Waals surface area contributed by atoms with Gasteiger partial charge >= 0.3 is 0 Å². The van der Waals surface area contributed by atoms with E-state index in [0.717, 1.165) is 0 Å². The van der Waals surface area contributed by atoms with E-state index < -0.39 is 0 Å². The molecular weight excluding hydrogens is 209 g/mol. The third kappa shape index (κ3) is 2.20. The maximum Gasteiger partial charge on any atom is 0.272 e. The van der Waals surface area contributed by atoms with Crippen LogP contribution in [0.25, 0.3) is 0 Å². The van der Waals surface area contributed by atoms with E-state index in [1.165, 1.54) is 36.5 Å². The molecule has 0 atom stereocenters. The van der Waals surface area contributed by atoms with Crippen molar-refractivity contribution in [3.63, 3.8) is 0 Å². The van der Waals surface area contributed by atoms with Gasteiger partial charge in [0.1, 0.15) is 11.5 Å². The molecule has 2 aromatic rings. The lowest BCUT2D eigenvalue weighted by Gasteiger charge is -2.02. The lowest BCUT2D eigenvalue weighted by atomic mass is 10.3. The Morgan fingerprint density at radius 1 is 1.31 bits per heavy atom. The predicted molar refractivity (Wildman–Crippen MR) is 59.6 cm³/mol. The largest absolute Gasteiger partial charge is 0.397 e. The second-order valence-electron chi connectivity index (χ2n) is 3.31. The maximum absolute atomic E-state index is 12.6. The Morgan fingerprint density at radius 3 is 2.56 bits per heavy atom. The van der Waals surface area contributed by atoms with Crippen molar-refractivity contribution < 1.29 is 9.18 Å². The summed E-state index contributed by atoms with van der Waals surface area (Å²) in [5, 5.41) is 2.61. The van der Waals surface area contributed by atoms with Crippen LogP contribution < -0.4 is 11.1 Å². The van der Waals surface area contributed by atoms with Crippen molar-refractivity contribution in [3.05, 3.63) is 48.0 Å². The average Bonchev–Trinajstić information content (AvgIpc) is 2.68. The third-order valence-corrected chi connectivity index (χ3v) is 2.05. The number of amides is 1. The summed E-state index contributed by atoms with van der Waals surface area (Å²) in [6.07, 6.45) is 1.53. The highest BCUT2D eigenvalue weighted by Crippen LogP contribution is 2.11. The van der Waals surface area contributed by atoms with Crippen molar-refractivity contribution in [1.29, 1.82) is 0 Å². The molecule has 4 N–H and O–H groups in total. The fourth-order valence-corrected chi connectivity index (χ4v) is 1.27. The highest BCUT2D eigenvalue weighted by Gasteiger charge is 2.07. The van der Waals surface area contributed by atoms with Crippen LogP contribution in [0.1, 0.15) is 10.5 Å². The lowest BCUT2D eigenvalue weighted by Crippen LogP contribution is -2.12. The maximum atomic E-state index is 12.6. The van der Waals surface area contributed by atoms with Crippen LogP contribution in [-0.2, 0) is 0 Å². The van der Waals surface area contributed by atoms with E-state index in [-0.39, 0.29) is 11.7 Å². The van der Waals surface area contributed by atoms with Crippen molar-refractivity contribution in [3.8, 4) is 0 Å². The number of nitrogen functional groups attached to an aromatic ring is 1. The minimum Gasteiger partial charge on any atom is -0.397 e. The van der Waals surface area contributed by atoms with Gasteiger partial charge in [-0.25, -0.2) is 4.39 Å². The summed E-state index contributed by atoms with van der Waals surface area (Å²) in [6.45, 7) is 0. The van der Waals surface area contributed by atoms with Crippen molar-refractivity contribution in [2.45, 2.75) is 0 Å². The first-order chi connectivity index (χ1) is 7.65. The van der Waals surface area contributed by atoms with Gasteiger partial charge in [-0.3, -0.25) is 4.79 Å². The summed E-state index contributed by atoms with van der Waals surface area (Å²) in [5.41, 5.74) is 6.85. The number of anilines is 2. The first-order valence-corrected chi connectivity index (χ1v) is 4.66. The molecule has 4 nitrogen and oxygen atoms in total. The predicted octanol–water partition coefficient (Wildman–Crippen LogP) is 1.99. The topological polar surface area (TPSA) is 70.9 Å². The number of nitrogens with one attached hydrogen (secondary N) is 2. The van der Waals surface area contributed by atoms with Gasteiger partial charge in [0.05, 0.1) is 0 Å². The molecule has 0 saturated heterocycles. The number of halogens is 1. The smallest absolute Gasteiger partial charge is 0.272 e. The van der Waals surface area contributed by atoms with E-state index in [2.05, 4.69) is 10.3 Å². The van der Waals surface area contributed by atoms with Crippen molar-refractivity contribution in [1.82, 2.24) is 4.98 Å². The number of aromatic amines is 1. The van der Waals surface area contributed by atoms with Crippen molar-refractivity contribution in [2.75, 3.05) is 11.1 Å². The minimum absolute atomic E-state index is 0.316. The van der Waals surface area contributed by atoms with Crippen LogP contribution in [0.3, 0.4) is 0 Å². The zero-order valence-electron chi connectivity index (χ0n) is 8.33. The van der Waals surface area contributed by atoms with Crippen LogP contribution in [-0.4, -0.2) is 10.9 Å². The van der Waals surface area contributed by atoms with Crippen molar-refractivity contribution in [2.24, 2.45) is 0 Å². The number of hydrogen-bond acceptors (Lipinski definition) is 2. The SMILES string of the molecule is Nc1c[nH]c(C(=O)Nc2ccc(F)cc2)c1. The first-order valence-electron chi connectivity index (χ1n) is 4.66. The highest BCUT2D eigenvalue weighted by molar-refractivity contribution is 6.03. The molecule has 5 heteroatoms. The molecule has 1 aromatic heterocycles. The molecule has 0 aliphatic heterocycles. The Morgan fingerprint density at radius 2 is 2.00 bits per heavy atom. The zero-order valence-corrected chi connectivity index (χ0v) is 8.33. The molecular formula is C11H10FN3O. The van der Waals surface area contributed by atoms with Crippen LogP contribution in [0.4, 0.5) is 15.8 Å². The average molecular weight is 219 g/mol. The van der Waals surface area contributed by atoms with Gasteiger partial charge in [0.2, 0.25) is 0 Å². The lowest BCUT2D eigenvalue weighted by molar-refractivity contribution is 0.102. The fourth-order valence-electron chi connectivity index (χ4n) is 1.27. The Hall–Kier alpha value is -2.30. The molecule has 0 spiro atoms. The molecule has 1 heterocycles. The molecule has 0 bridgehead atoms. The molecule has 1 amide bonds. The van der Waals surface area contributed by atoms with E-state index in [4.69, 9.17) is 5.73 Å². The molecule has 16 heavy (non-hydrogen) atoms. The number of rotatable bonds is 2. The molecule has 0 aliphatic rings. The Bertz CT molecular complexity index is 504. The molecule has 0 radical (unpaired) electrons. The molecule has 82 valence electrons. The highest BCUT2D eigenvalue weighted by atomic mass is 19.1. The molecule has 0 fully saturated rings. The number of carbonyl (C=O) groups is 1. The molecule has 0 unspecified atom stereocenters. The molecule has 0 aliphatic carbocycles. The normalized spacial score (nSPS) is 10.1. The summed E-state index contributed by atoms with van der Waals surface area (Å²) >= 11 is 0. The fraction of sp³-hybridized carbons (Fsp3) is 0. The summed E-state index contributed by atoms with van der Waals surface area (Å²) in [5.74, 6) is -0.662. The van der Waals surface area contributed by atoms with Gasteiger partial charge in [-0.15, -0.1) is 0 Å². The summed E-state index contributed by atoms with van der Waals surface area (Å²) in [6, 6.07) is 7.05. The van der Waals surface area contributed by atoms with Crippen LogP contribution in [0.15, 0.2) is 36.5 Å². The quantitative estimate of drug-likeness (QED) is 0.722. The number of aromatic nitrogens is 1. The Labute approximate surface area is 91.3 Å². The van der Waals surface area contributed by atoms with Gasteiger partial charge in [0, 0.05) is 17.6 Å². The van der Waals surface area contributed by atoms with E-state index >= 15 is 0 Å². The molecule has 0 saturated carbocycles. The number of carbonyl (C=O) groups excluding carboxylic acids is 1. The van der Waals surface area contributed by atoms with Crippen LogP contribution in [0, 0.1) is 5.82 Å². The van der Waals surface area contributed by atoms with E-state index in [1.807, 2.05) is 0 Å². The second-order valence-corrected chi connectivity index (χ2v) is 3.31. The van der Waals surface area contributed by atoms with Crippen LogP contribution >= 0.6 is 0 Å². The summed E-state index contributed by atoms with van der Waals surface area (Å²) < 4.78 is 12.6. The van der Waals surface area contributed by atoms with Crippen molar-refractivity contribution >= 4 is 17.3 Å². The van der Waals surface area contributed by atoms with Gasteiger partial charge in [-0.2, -0.15) is 0 Å². The number of benzene rings is 1. The Balaban J connectivity index is 2.10. The monoisotopic (exact) mass is 219 g/mol. The Kier molecular flexibility index (Phi) is 2.59.